The predicted octanol–water partition coefficient (Wildman–Crippen LogP) is 1.73. The predicted molar refractivity (Wildman–Crippen MR) is 110 cm³/mol. The van der Waals surface area contributed by atoms with E-state index in [0.717, 1.165) is 5.82 Å². The maximum absolute atomic E-state index is 12.9. The van der Waals surface area contributed by atoms with E-state index in [0.29, 0.717) is 43.0 Å². The average molecular weight is 402 g/mol. The van der Waals surface area contributed by atoms with Crippen LogP contribution in [0.3, 0.4) is 0 Å². The number of piperazine rings is 1. The van der Waals surface area contributed by atoms with Crippen LogP contribution in [0.25, 0.3) is 16.8 Å². The first kappa shape index (κ1) is 18.0. The molecule has 9 heteroatoms. The first-order chi connectivity index (χ1) is 14.7. The molecule has 9 nitrogen and oxygen atoms in total. The number of amides is 1. The maximum atomic E-state index is 12.9. The number of carbonyl (C=O) groups excluding carboxylic acids is 1. The lowest BCUT2D eigenvalue weighted by Gasteiger charge is -2.35. The van der Waals surface area contributed by atoms with E-state index < -0.39 is 0 Å². The van der Waals surface area contributed by atoms with Crippen LogP contribution in [-0.2, 0) is 0 Å². The fourth-order valence-corrected chi connectivity index (χ4v) is 3.54. The lowest BCUT2D eigenvalue weighted by atomic mass is 10.2. The molecule has 5 rings (SSSR count). The number of benzene rings is 1. The van der Waals surface area contributed by atoms with Gasteiger partial charge in [-0.05, 0) is 18.2 Å². The monoisotopic (exact) mass is 402 g/mol. The summed E-state index contributed by atoms with van der Waals surface area (Å²) in [6.45, 7) is 2.21. The van der Waals surface area contributed by atoms with Crippen molar-refractivity contribution in [3.63, 3.8) is 0 Å². The van der Waals surface area contributed by atoms with Crippen molar-refractivity contribution >= 4 is 22.7 Å². The number of rotatable bonds is 3. The highest BCUT2D eigenvalue weighted by Gasteiger charge is 2.25. The number of anilines is 1. The van der Waals surface area contributed by atoms with E-state index in [9.17, 15) is 9.59 Å². The standard InChI is InChI=1S/C21H18N6O3/c28-16-12-18(30-17-5-2-1-4-15(16)17)21(29)26-10-8-25(9-11-26)19-13-20(23-14-22-19)27-7-3-6-24-27/h1-7,12-14H,8-11H2. The van der Waals surface area contributed by atoms with Crippen molar-refractivity contribution in [3.05, 3.63) is 77.2 Å². The van der Waals surface area contributed by atoms with E-state index >= 15 is 0 Å². The van der Waals surface area contributed by atoms with Crippen molar-refractivity contribution in [1.29, 1.82) is 0 Å². The third-order valence-corrected chi connectivity index (χ3v) is 5.11. The van der Waals surface area contributed by atoms with E-state index in [2.05, 4.69) is 20.0 Å². The zero-order valence-electron chi connectivity index (χ0n) is 16.0. The highest BCUT2D eigenvalue weighted by Crippen LogP contribution is 2.18. The Balaban J connectivity index is 1.31. The van der Waals surface area contributed by atoms with Gasteiger partial charge in [-0.1, -0.05) is 12.1 Å². The van der Waals surface area contributed by atoms with Crippen molar-refractivity contribution in [1.82, 2.24) is 24.6 Å². The van der Waals surface area contributed by atoms with E-state index in [1.807, 2.05) is 18.3 Å². The van der Waals surface area contributed by atoms with Gasteiger partial charge in [0.2, 0.25) is 0 Å². The quantitative estimate of drug-likeness (QED) is 0.515. The number of fused-ring (bicyclic) bond motifs is 1. The van der Waals surface area contributed by atoms with Crippen molar-refractivity contribution in [3.8, 4) is 5.82 Å². The SMILES string of the molecule is O=C(c1cc(=O)c2ccccc2o1)N1CCN(c2cc(-n3cccn3)ncn2)CC1. The fourth-order valence-electron chi connectivity index (χ4n) is 3.54. The second-order valence-electron chi connectivity index (χ2n) is 6.94. The first-order valence-electron chi connectivity index (χ1n) is 9.58. The molecule has 1 fully saturated rings. The Hall–Kier alpha value is -4.01. The molecule has 0 N–H and O–H groups in total. The molecule has 0 atom stereocenters. The van der Waals surface area contributed by atoms with Gasteiger partial charge in [-0.15, -0.1) is 0 Å². The van der Waals surface area contributed by atoms with E-state index in [1.54, 1.807) is 40.0 Å². The number of aromatic nitrogens is 4. The second kappa shape index (κ2) is 7.43. The number of hydrogen-bond donors (Lipinski definition) is 0. The zero-order valence-corrected chi connectivity index (χ0v) is 16.0. The van der Waals surface area contributed by atoms with Crippen molar-refractivity contribution in [2.45, 2.75) is 0 Å². The van der Waals surface area contributed by atoms with Crippen molar-refractivity contribution < 1.29 is 9.21 Å². The molecule has 1 aromatic carbocycles. The Kier molecular flexibility index (Phi) is 4.47. The van der Waals surface area contributed by atoms with Crippen LogP contribution < -0.4 is 10.3 Å². The van der Waals surface area contributed by atoms with Crippen LogP contribution >= 0.6 is 0 Å². The topological polar surface area (TPSA) is 97.4 Å². The average Bonchev–Trinajstić information content (AvgIpc) is 3.34. The third-order valence-electron chi connectivity index (χ3n) is 5.11. The maximum Gasteiger partial charge on any atom is 0.289 e. The normalized spacial score (nSPS) is 14.3. The van der Waals surface area contributed by atoms with Crippen LogP contribution in [0.1, 0.15) is 10.6 Å². The van der Waals surface area contributed by atoms with Gasteiger partial charge in [0, 0.05) is 50.7 Å². The number of carbonyl (C=O) groups is 1. The Morgan fingerprint density at radius 1 is 0.967 bits per heavy atom. The van der Waals surface area contributed by atoms with Gasteiger partial charge in [-0.3, -0.25) is 9.59 Å². The molecule has 3 aromatic heterocycles. The fraction of sp³-hybridized carbons (Fsp3) is 0.190. The second-order valence-corrected chi connectivity index (χ2v) is 6.94. The minimum atomic E-state index is -0.280. The molecule has 1 amide bonds. The molecular weight excluding hydrogens is 384 g/mol. The molecule has 1 aliphatic heterocycles. The van der Waals surface area contributed by atoms with Crippen LogP contribution in [-0.4, -0.2) is 56.7 Å². The number of hydrogen-bond acceptors (Lipinski definition) is 7. The molecule has 4 aromatic rings. The highest BCUT2D eigenvalue weighted by atomic mass is 16.3. The molecule has 0 unspecified atom stereocenters. The third kappa shape index (κ3) is 3.30. The molecule has 0 radical (unpaired) electrons. The molecule has 0 aliphatic carbocycles. The lowest BCUT2D eigenvalue weighted by Crippen LogP contribution is -2.49. The van der Waals surface area contributed by atoms with Gasteiger partial charge in [0.1, 0.15) is 17.7 Å². The van der Waals surface area contributed by atoms with Crippen molar-refractivity contribution in [2.24, 2.45) is 0 Å². The van der Waals surface area contributed by atoms with Crippen LogP contribution in [0.2, 0.25) is 0 Å². The molecule has 0 saturated carbocycles. The molecule has 150 valence electrons. The van der Waals surface area contributed by atoms with Crippen LogP contribution in [0.4, 0.5) is 5.82 Å². The molecule has 0 spiro atoms. The molecule has 30 heavy (non-hydrogen) atoms. The summed E-state index contributed by atoms with van der Waals surface area (Å²) in [5.74, 6) is 1.24. The highest BCUT2D eigenvalue weighted by molar-refractivity contribution is 5.93. The first-order valence-corrected chi connectivity index (χ1v) is 9.58. The van der Waals surface area contributed by atoms with Crippen LogP contribution in [0.15, 0.2) is 70.4 Å². The number of para-hydroxylation sites is 1. The summed E-state index contributed by atoms with van der Waals surface area (Å²) in [4.78, 5) is 37.6. The number of nitrogens with zero attached hydrogens (tertiary/aromatic N) is 6. The summed E-state index contributed by atoms with van der Waals surface area (Å²) < 4.78 is 7.36. The summed E-state index contributed by atoms with van der Waals surface area (Å²) in [7, 11) is 0. The van der Waals surface area contributed by atoms with E-state index in [-0.39, 0.29) is 17.1 Å². The molecule has 1 aliphatic rings. The van der Waals surface area contributed by atoms with Gasteiger partial charge in [0.25, 0.3) is 5.91 Å². The zero-order chi connectivity index (χ0) is 20.5. The van der Waals surface area contributed by atoms with Gasteiger partial charge < -0.3 is 14.2 Å². The van der Waals surface area contributed by atoms with Gasteiger partial charge in [-0.25, -0.2) is 14.6 Å². The Bertz CT molecular complexity index is 1260. The largest absolute Gasteiger partial charge is 0.451 e. The summed E-state index contributed by atoms with van der Waals surface area (Å²) in [5.41, 5.74) is 0.199. The van der Waals surface area contributed by atoms with Crippen LogP contribution in [0, 0.1) is 0 Å². The lowest BCUT2D eigenvalue weighted by molar-refractivity contribution is 0.0715. The molecular formula is C21H18N6O3. The summed E-state index contributed by atoms with van der Waals surface area (Å²) in [6, 6.07) is 11.9. The Morgan fingerprint density at radius 2 is 1.77 bits per heavy atom. The van der Waals surface area contributed by atoms with Gasteiger partial charge in [0.15, 0.2) is 17.0 Å². The molecule has 0 bridgehead atoms. The van der Waals surface area contributed by atoms with Crippen LogP contribution in [0.5, 0.6) is 0 Å². The van der Waals surface area contributed by atoms with E-state index in [1.165, 1.54) is 12.4 Å². The van der Waals surface area contributed by atoms with E-state index in [4.69, 9.17) is 4.42 Å². The summed E-state index contributed by atoms with van der Waals surface area (Å²) in [5, 5.41) is 4.66. The summed E-state index contributed by atoms with van der Waals surface area (Å²) >= 11 is 0. The minimum Gasteiger partial charge on any atom is -0.451 e. The van der Waals surface area contributed by atoms with Gasteiger partial charge in [-0.2, -0.15) is 5.10 Å². The Morgan fingerprint density at radius 3 is 2.57 bits per heavy atom. The smallest absolute Gasteiger partial charge is 0.289 e. The van der Waals surface area contributed by atoms with Gasteiger partial charge in [0.05, 0.1) is 5.39 Å². The van der Waals surface area contributed by atoms with Gasteiger partial charge >= 0.3 is 0 Å². The van der Waals surface area contributed by atoms with Crippen molar-refractivity contribution in [2.75, 3.05) is 31.1 Å². The Labute approximate surface area is 171 Å². The molecule has 4 heterocycles. The minimum absolute atomic E-state index is 0.0650. The molecule has 1 saturated heterocycles. The summed E-state index contributed by atoms with van der Waals surface area (Å²) in [6.07, 6.45) is 5.02.